The molecule has 0 bridgehead atoms. The van der Waals surface area contributed by atoms with Crippen LogP contribution in [0.3, 0.4) is 0 Å². The van der Waals surface area contributed by atoms with Gasteiger partial charge < -0.3 is 10.1 Å². The smallest absolute Gasteiger partial charge is 0.215 e. The molecule has 0 spiro atoms. The Hall–Kier alpha value is -0.960. The topological polar surface area (TPSA) is 76.5 Å². The van der Waals surface area contributed by atoms with Crippen molar-refractivity contribution >= 4 is 10.0 Å². The minimum atomic E-state index is -3.23. The lowest BCUT2D eigenvalue weighted by atomic mass is 10.3. The molecule has 7 nitrogen and oxygen atoms in total. The Morgan fingerprint density at radius 3 is 2.62 bits per heavy atom. The number of aromatic nitrogens is 2. The zero-order valence-corrected chi connectivity index (χ0v) is 13.6. The molecular weight excluding hydrogens is 292 g/mol. The molecule has 2 heterocycles. The third-order valence-corrected chi connectivity index (χ3v) is 5.21. The van der Waals surface area contributed by atoms with Crippen molar-refractivity contribution in [1.29, 1.82) is 0 Å². The van der Waals surface area contributed by atoms with Crippen molar-refractivity contribution in [2.24, 2.45) is 7.05 Å². The maximum Gasteiger partial charge on any atom is 0.215 e. The van der Waals surface area contributed by atoms with E-state index in [0.29, 0.717) is 26.2 Å². The molecule has 1 aromatic rings. The predicted molar refractivity (Wildman–Crippen MR) is 80.3 cm³/mol. The third-order valence-electron chi connectivity index (χ3n) is 3.40. The van der Waals surface area contributed by atoms with E-state index in [1.54, 1.807) is 10.9 Å². The standard InChI is InChI=1S/C13H24N4O3S/c1-11-8-17(9-12(2)20-11)21(18,19)5-4-14-6-13-7-15-16(3)10-13/h7,10-12,14H,4-6,8-9H2,1-3H3/t11-,12-/m0/s1. The summed E-state index contributed by atoms with van der Waals surface area (Å²) in [5.74, 6) is 0.104. The molecule has 0 aliphatic carbocycles. The first kappa shape index (κ1) is 16.4. The molecule has 1 aromatic heterocycles. The minimum absolute atomic E-state index is 0.0492. The quantitative estimate of drug-likeness (QED) is 0.745. The van der Waals surface area contributed by atoms with E-state index in [1.807, 2.05) is 27.1 Å². The predicted octanol–water partition coefficient (Wildman–Crippen LogP) is -0.0513. The zero-order chi connectivity index (χ0) is 15.5. The molecule has 2 atom stereocenters. The summed E-state index contributed by atoms with van der Waals surface area (Å²) in [5, 5.41) is 7.21. The Labute approximate surface area is 126 Å². The van der Waals surface area contributed by atoms with Gasteiger partial charge in [-0.3, -0.25) is 4.68 Å². The molecule has 120 valence electrons. The SMILES string of the molecule is C[C@H]1CN(S(=O)(=O)CCNCc2cnn(C)c2)C[C@H](C)O1. The van der Waals surface area contributed by atoms with Crippen LogP contribution < -0.4 is 5.32 Å². The van der Waals surface area contributed by atoms with Crippen LogP contribution in [0.1, 0.15) is 19.4 Å². The fourth-order valence-corrected chi connectivity index (χ4v) is 4.02. The van der Waals surface area contributed by atoms with Gasteiger partial charge in [-0.2, -0.15) is 9.40 Å². The second kappa shape index (κ2) is 6.87. The molecule has 1 N–H and O–H groups in total. The van der Waals surface area contributed by atoms with Crippen LogP contribution in [-0.2, 0) is 28.4 Å². The molecule has 1 fully saturated rings. The number of rotatable bonds is 6. The number of aryl methyl sites for hydroxylation is 1. The Morgan fingerprint density at radius 2 is 2.05 bits per heavy atom. The lowest BCUT2D eigenvalue weighted by molar-refractivity contribution is -0.0440. The number of hydrogen-bond acceptors (Lipinski definition) is 5. The van der Waals surface area contributed by atoms with Crippen molar-refractivity contribution in [3.05, 3.63) is 18.0 Å². The number of sulfonamides is 1. The van der Waals surface area contributed by atoms with Crippen molar-refractivity contribution in [3.63, 3.8) is 0 Å². The molecule has 0 radical (unpaired) electrons. The van der Waals surface area contributed by atoms with Gasteiger partial charge in [-0.15, -0.1) is 0 Å². The van der Waals surface area contributed by atoms with Gasteiger partial charge in [-0.05, 0) is 13.8 Å². The Balaban J connectivity index is 1.78. The molecule has 1 saturated heterocycles. The normalized spacial score (nSPS) is 24.3. The van der Waals surface area contributed by atoms with Gasteiger partial charge in [0, 0.05) is 45.0 Å². The largest absolute Gasteiger partial charge is 0.373 e. The summed E-state index contributed by atoms with van der Waals surface area (Å²) in [6, 6.07) is 0. The summed E-state index contributed by atoms with van der Waals surface area (Å²) in [7, 11) is -1.37. The highest BCUT2D eigenvalue weighted by molar-refractivity contribution is 7.89. The molecule has 8 heteroatoms. The van der Waals surface area contributed by atoms with E-state index in [-0.39, 0.29) is 18.0 Å². The maximum atomic E-state index is 12.3. The zero-order valence-electron chi connectivity index (χ0n) is 12.8. The summed E-state index contributed by atoms with van der Waals surface area (Å²) in [6.07, 6.45) is 3.58. The van der Waals surface area contributed by atoms with Gasteiger partial charge in [0.15, 0.2) is 0 Å². The second-order valence-electron chi connectivity index (χ2n) is 5.59. The molecule has 0 unspecified atom stereocenters. The van der Waals surface area contributed by atoms with Gasteiger partial charge in [0.05, 0.1) is 24.2 Å². The van der Waals surface area contributed by atoms with Gasteiger partial charge in [-0.25, -0.2) is 8.42 Å². The lowest BCUT2D eigenvalue weighted by Gasteiger charge is -2.34. The molecule has 21 heavy (non-hydrogen) atoms. The number of morpholine rings is 1. The van der Waals surface area contributed by atoms with E-state index < -0.39 is 10.0 Å². The van der Waals surface area contributed by atoms with Crippen LogP contribution in [0.5, 0.6) is 0 Å². The van der Waals surface area contributed by atoms with Crippen LogP contribution in [-0.4, -0.2) is 60.1 Å². The number of ether oxygens (including phenoxy) is 1. The first-order valence-electron chi connectivity index (χ1n) is 7.18. The molecule has 2 rings (SSSR count). The summed E-state index contributed by atoms with van der Waals surface area (Å²) < 4.78 is 33.4. The van der Waals surface area contributed by atoms with Crippen molar-refractivity contribution in [3.8, 4) is 0 Å². The van der Waals surface area contributed by atoms with Crippen molar-refractivity contribution < 1.29 is 13.2 Å². The van der Waals surface area contributed by atoms with Crippen LogP contribution in [0.25, 0.3) is 0 Å². The maximum absolute atomic E-state index is 12.3. The summed E-state index contributed by atoms with van der Waals surface area (Å²) in [6.45, 7) is 5.73. The van der Waals surface area contributed by atoms with Crippen LogP contribution in [0, 0.1) is 0 Å². The Kier molecular flexibility index (Phi) is 5.37. The average molecular weight is 316 g/mol. The first-order chi connectivity index (χ1) is 9.87. The molecule has 1 aliphatic rings. The monoisotopic (exact) mass is 316 g/mol. The van der Waals surface area contributed by atoms with Gasteiger partial charge in [0.25, 0.3) is 0 Å². The molecule has 1 aliphatic heterocycles. The van der Waals surface area contributed by atoms with Gasteiger partial charge >= 0.3 is 0 Å². The van der Waals surface area contributed by atoms with E-state index in [2.05, 4.69) is 10.4 Å². The highest BCUT2D eigenvalue weighted by atomic mass is 32.2. The lowest BCUT2D eigenvalue weighted by Crippen LogP contribution is -2.49. The van der Waals surface area contributed by atoms with Crippen molar-refractivity contribution in [2.75, 3.05) is 25.4 Å². The fraction of sp³-hybridized carbons (Fsp3) is 0.769. The summed E-state index contributed by atoms with van der Waals surface area (Å²) in [4.78, 5) is 0. The summed E-state index contributed by atoms with van der Waals surface area (Å²) in [5.41, 5.74) is 1.04. The van der Waals surface area contributed by atoms with Gasteiger partial charge in [0.1, 0.15) is 0 Å². The number of nitrogens with one attached hydrogen (secondary N) is 1. The van der Waals surface area contributed by atoms with Crippen LogP contribution in [0.4, 0.5) is 0 Å². The highest BCUT2D eigenvalue weighted by Gasteiger charge is 2.30. The molecule has 0 saturated carbocycles. The van der Waals surface area contributed by atoms with Gasteiger partial charge in [-0.1, -0.05) is 0 Å². The van der Waals surface area contributed by atoms with Crippen LogP contribution in [0.15, 0.2) is 12.4 Å². The fourth-order valence-electron chi connectivity index (χ4n) is 2.48. The van der Waals surface area contributed by atoms with Crippen molar-refractivity contribution in [2.45, 2.75) is 32.6 Å². The average Bonchev–Trinajstić information content (AvgIpc) is 2.79. The van der Waals surface area contributed by atoms with E-state index in [9.17, 15) is 8.42 Å². The minimum Gasteiger partial charge on any atom is -0.373 e. The van der Waals surface area contributed by atoms with Gasteiger partial charge in [0.2, 0.25) is 10.0 Å². The molecule has 0 aromatic carbocycles. The Bertz CT molecular complexity index is 548. The molecular formula is C13H24N4O3S. The third kappa shape index (κ3) is 4.77. The van der Waals surface area contributed by atoms with Crippen LogP contribution in [0.2, 0.25) is 0 Å². The van der Waals surface area contributed by atoms with Crippen LogP contribution >= 0.6 is 0 Å². The van der Waals surface area contributed by atoms with Crippen molar-refractivity contribution in [1.82, 2.24) is 19.4 Å². The van der Waals surface area contributed by atoms with E-state index >= 15 is 0 Å². The number of hydrogen-bond donors (Lipinski definition) is 1. The first-order valence-corrected chi connectivity index (χ1v) is 8.79. The van der Waals surface area contributed by atoms with E-state index in [4.69, 9.17) is 4.74 Å². The van der Waals surface area contributed by atoms with E-state index in [0.717, 1.165) is 5.56 Å². The molecule has 0 amide bonds. The Morgan fingerprint density at radius 1 is 1.38 bits per heavy atom. The summed E-state index contributed by atoms with van der Waals surface area (Å²) >= 11 is 0. The van der Waals surface area contributed by atoms with E-state index in [1.165, 1.54) is 4.31 Å². The highest BCUT2D eigenvalue weighted by Crippen LogP contribution is 2.14. The second-order valence-corrected chi connectivity index (χ2v) is 7.68. The number of nitrogens with zero attached hydrogens (tertiary/aromatic N) is 3.